The second kappa shape index (κ2) is 8.30. The van der Waals surface area contributed by atoms with Gasteiger partial charge in [0.15, 0.2) is 0 Å². The third-order valence-electron chi connectivity index (χ3n) is 4.32. The van der Waals surface area contributed by atoms with Crippen LogP contribution in [0.3, 0.4) is 0 Å². The lowest BCUT2D eigenvalue weighted by molar-refractivity contribution is -0.136. The van der Waals surface area contributed by atoms with Gasteiger partial charge in [-0.1, -0.05) is 30.3 Å². The highest BCUT2D eigenvalue weighted by Gasteiger charge is 2.29. The molecule has 0 atom stereocenters. The van der Waals surface area contributed by atoms with Crippen molar-refractivity contribution in [1.29, 1.82) is 0 Å². The van der Waals surface area contributed by atoms with Crippen LogP contribution in [0.4, 0.5) is 11.4 Å². The SMILES string of the molecule is COc1ccc(N2CCCS2(=O)=O)cc1NC(=O)C(=O)NCc1ccccc1. The monoisotopic (exact) mass is 403 g/mol. The van der Waals surface area contributed by atoms with Crippen molar-refractivity contribution in [3.63, 3.8) is 0 Å². The lowest BCUT2D eigenvalue weighted by Gasteiger charge is -2.19. The zero-order chi connectivity index (χ0) is 20.1. The normalized spacial score (nSPS) is 15.1. The van der Waals surface area contributed by atoms with Gasteiger partial charge in [-0.2, -0.15) is 0 Å². The predicted octanol–water partition coefficient (Wildman–Crippen LogP) is 1.49. The van der Waals surface area contributed by atoms with Crippen molar-refractivity contribution in [2.24, 2.45) is 0 Å². The Morgan fingerprint density at radius 3 is 2.50 bits per heavy atom. The second-order valence-electron chi connectivity index (χ2n) is 6.25. The Morgan fingerprint density at radius 2 is 1.86 bits per heavy atom. The molecule has 0 radical (unpaired) electrons. The summed E-state index contributed by atoms with van der Waals surface area (Å²) in [5.74, 6) is -1.26. The van der Waals surface area contributed by atoms with Crippen LogP contribution in [-0.2, 0) is 26.2 Å². The quantitative estimate of drug-likeness (QED) is 0.736. The number of methoxy groups -OCH3 is 1. The number of sulfonamides is 1. The highest BCUT2D eigenvalue weighted by molar-refractivity contribution is 7.93. The molecule has 0 bridgehead atoms. The van der Waals surface area contributed by atoms with Crippen molar-refractivity contribution in [1.82, 2.24) is 5.32 Å². The molecule has 8 nitrogen and oxygen atoms in total. The molecule has 0 saturated carbocycles. The zero-order valence-electron chi connectivity index (χ0n) is 15.3. The van der Waals surface area contributed by atoms with Gasteiger partial charge in [0.1, 0.15) is 5.75 Å². The summed E-state index contributed by atoms with van der Waals surface area (Å²) in [6.45, 7) is 0.593. The first-order valence-corrected chi connectivity index (χ1v) is 10.3. The van der Waals surface area contributed by atoms with Gasteiger partial charge >= 0.3 is 11.8 Å². The number of carbonyl (C=O) groups is 2. The summed E-state index contributed by atoms with van der Waals surface area (Å²) < 4.78 is 30.7. The molecule has 9 heteroatoms. The third kappa shape index (κ3) is 4.42. The maximum absolute atomic E-state index is 12.3. The zero-order valence-corrected chi connectivity index (χ0v) is 16.2. The lowest BCUT2D eigenvalue weighted by atomic mass is 10.2. The number of nitrogens with one attached hydrogen (secondary N) is 2. The van der Waals surface area contributed by atoms with Crippen molar-refractivity contribution >= 4 is 33.2 Å². The minimum absolute atomic E-state index is 0.0859. The van der Waals surface area contributed by atoms with E-state index in [2.05, 4.69) is 10.6 Å². The molecule has 1 heterocycles. The first kappa shape index (κ1) is 19.7. The number of anilines is 2. The smallest absolute Gasteiger partial charge is 0.313 e. The molecule has 2 N–H and O–H groups in total. The Hall–Kier alpha value is -3.07. The number of nitrogens with zero attached hydrogens (tertiary/aromatic N) is 1. The van der Waals surface area contributed by atoms with E-state index < -0.39 is 21.8 Å². The van der Waals surface area contributed by atoms with Crippen molar-refractivity contribution in [2.45, 2.75) is 13.0 Å². The van der Waals surface area contributed by atoms with E-state index in [1.807, 2.05) is 30.3 Å². The van der Waals surface area contributed by atoms with Crippen molar-refractivity contribution < 1.29 is 22.7 Å². The van der Waals surface area contributed by atoms with Crippen LogP contribution in [0, 0.1) is 0 Å². The lowest BCUT2D eigenvalue weighted by Crippen LogP contribution is -2.35. The van der Waals surface area contributed by atoms with Crippen LogP contribution in [0.1, 0.15) is 12.0 Å². The molecule has 2 amide bonds. The first-order chi connectivity index (χ1) is 13.4. The second-order valence-corrected chi connectivity index (χ2v) is 8.26. The molecule has 1 fully saturated rings. The Balaban J connectivity index is 1.72. The van der Waals surface area contributed by atoms with E-state index in [0.717, 1.165) is 5.56 Å². The fourth-order valence-corrected chi connectivity index (χ4v) is 4.47. The number of amides is 2. The number of rotatable bonds is 5. The number of benzene rings is 2. The van der Waals surface area contributed by atoms with Gasteiger partial charge in [0.05, 0.1) is 24.2 Å². The summed E-state index contributed by atoms with van der Waals surface area (Å²) in [6.07, 6.45) is 0.540. The standard InChI is InChI=1S/C19H21N3O5S/c1-27-17-9-8-15(22-10-5-11-28(22,25)26)12-16(17)21-19(24)18(23)20-13-14-6-3-2-4-7-14/h2-4,6-9,12H,5,10-11,13H2,1H3,(H,20,23)(H,21,24). The van der Waals surface area contributed by atoms with Crippen molar-refractivity contribution in [2.75, 3.05) is 29.0 Å². The third-order valence-corrected chi connectivity index (χ3v) is 6.19. The summed E-state index contributed by atoms with van der Waals surface area (Å²) in [7, 11) is -1.94. The van der Waals surface area contributed by atoms with Gasteiger partial charge < -0.3 is 15.4 Å². The molecule has 0 spiro atoms. The van der Waals surface area contributed by atoms with Crippen molar-refractivity contribution in [3.05, 3.63) is 54.1 Å². The van der Waals surface area contributed by atoms with Crippen LogP contribution in [0.5, 0.6) is 5.75 Å². The minimum atomic E-state index is -3.36. The highest BCUT2D eigenvalue weighted by atomic mass is 32.2. The van der Waals surface area contributed by atoms with Crippen LogP contribution >= 0.6 is 0 Å². The Morgan fingerprint density at radius 1 is 1.11 bits per heavy atom. The fraction of sp³-hybridized carbons (Fsp3) is 0.263. The molecular weight excluding hydrogens is 382 g/mol. The largest absolute Gasteiger partial charge is 0.495 e. The highest BCUT2D eigenvalue weighted by Crippen LogP contribution is 2.32. The number of hydrogen-bond donors (Lipinski definition) is 2. The summed E-state index contributed by atoms with van der Waals surface area (Å²) in [4.78, 5) is 24.3. The van der Waals surface area contributed by atoms with E-state index in [-0.39, 0.29) is 18.0 Å². The Labute approximate surface area is 163 Å². The molecule has 0 aromatic heterocycles. The fourth-order valence-electron chi connectivity index (χ4n) is 2.92. The number of ether oxygens (including phenoxy) is 1. The number of hydrogen-bond acceptors (Lipinski definition) is 5. The van der Waals surface area contributed by atoms with Gasteiger partial charge in [-0.05, 0) is 30.2 Å². The average Bonchev–Trinajstić information content (AvgIpc) is 3.05. The minimum Gasteiger partial charge on any atom is -0.495 e. The summed E-state index contributed by atoms with van der Waals surface area (Å²) in [5.41, 5.74) is 1.50. The van der Waals surface area contributed by atoms with E-state index in [1.165, 1.54) is 17.5 Å². The van der Waals surface area contributed by atoms with E-state index in [1.54, 1.807) is 12.1 Å². The number of carbonyl (C=O) groups excluding carboxylic acids is 2. The summed E-state index contributed by atoms with van der Waals surface area (Å²) in [6, 6.07) is 13.9. The average molecular weight is 403 g/mol. The maximum Gasteiger partial charge on any atom is 0.313 e. The van der Waals surface area contributed by atoms with Crippen molar-refractivity contribution in [3.8, 4) is 5.75 Å². The first-order valence-electron chi connectivity index (χ1n) is 8.72. The molecule has 0 unspecified atom stereocenters. The predicted molar refractivity (Wildman–Crippen MR) is 106 cm³/mol. The van der Waals surface area contributed by atoms with Gasteiger partial charge in [0.2, 0.25) is 10.0 Å². The maximum atomic E-state index is 12.3. The van der Waals surface area contributed by atoms with Gasteiger partial charge in [-0.3, -0.25) is 13.9 Å². The van der Waals surface area contributed by atoms with Crippen LogP contribution in [0.2, 0.25) is 0 Å². The van der Waals surface area contributed by atoms with Crippen LogP contribution in [0.25, 0.3) is 0 Å². The van der Waals surface area contributed by atoms with Gasteiger partial charge in [0, 0.05) is 13.1 Å². The van der Waals surface area contributed by atoms with E-state index in [0.29, 0.717) is 24.4 Å². The topological polar surface area (TPSA) is 105 Å². The Bertz CT molecular complexity index is 976. The molecule has 0 aliphatic carbocycles. The molecular formula is C19H21N3O5S. The van der Waals surface area contributed by atoms with Crippen LogP contribution in [0.15, 0.2) is 48.5 Å². The van der Waals surface area contributed by atoms with Gasteiger partial charge in [-0.15, -0.1) is 0 Å². The summed E-state index contributed by atoms with van der Waals surface area (Å²) >= 11 is 0. The van der Waals surface area contributed by atoms with E-state index >= 15 is 0 Å². The van der Waals surface area contributed by atoms with Gasteiger partial charge in [0.25, 0.3) is 0 Å². The van der Waals surface area contributed by atoms with E-state index in [9.17, 15) is 18.0 Å². The molecule has 2 aromatic carbocycles. The molecule has 148 valence electrons. The summed E-state index contributed by atoms with van der Waals surface area (Å²) in [5, 5.41) is 5.03. The van der Waals surface area contributed by atoms with Crippen LogP contribution < -0.4 is 19.7 Å². The van der Waals surface area contributed by atoms with Gasteiger partial charge in [-0.25, -0.2) is 8.42 Å². The Kier molecular flexibility index (Phi) is 5.84. The molecule has 3 rings (SSSR count). The van der Waals surface area contributed by atoms with Crippen LogP contribution in [-0.4, -0.2) is 39.6 Å². The molecule has 1 aliphatic heterocycles. The molecule has 1 saturated heterocycles. The van der Waals surface area contributed by atoms with E-state index in [4.69, 9.17) is 4.74 Å². The molecule has 2 aromatic rings. The molecule has 28 heavy (non-hydrogen) atoms. The molecule has 1 aliphatic rings.